The number of aryl methyl sites for hydroxylation is 1. The Balaban J connectivity index is 1.25. The zero-order chi connectivity index (χ0) is 25.6. The normalized spacial score (nSPS) is 13.8. The lowest BCUT2D eigenvalue weighted by atomic mass is 10.1. The molecule has 0 radical (unpaired) electrons. The number of ether oxygens (including phenoxy) is 1. The highest BCUT2D eigenvalue weighted by molar-refractivity contribution is 7.28. The van der Waals surface area contributed by atoms with E-state index in [0.29, 0.717) is 35.3 Å². The number of nitrogens with one attached hydrogen (secondary N) is 1. The summed E-state index contributed by atoms with van der Waals surface area (Å²) in [5.74, 6) is 5.72. The number of hydrogen-bond donors (Lipinski definition) is 2. The number of hydrogen-bond acceptors (Lipinski definition) is 7. The highest BCUT2D eigenvalue weighted by Gasteiger charge is 2.53. The Hall–Kier alpha value is -4.13. The zero-order valence-corrected chi connectivity index (χ0v) is 21.3. The van der Waals surface area contributed by atoms with E-state index in [4.69, 9.17) is 9.15 Å². The predicted octanol–water partition coefficient (Wildman–Crippen LogP) is 6.68. The molecule has 0 aliphatic heterocycles. The number of amides is 1. The summed E-state index contributed by atoms with van der Waals surface area (Å²) in [6.07, 6.45) is 3.96. The summed E-state index contributed by atoms with van der Waals surface area (Å²) in [5.41, 5.74) is 2.20. The second kappa shape index (κ2) is 9.07. The van der Waals surface area contributed by atoms with Gasteiger partial charge >= 0.3 is 12.1 Å². The van der Waals surface area contributed by atoms with Crippen LogP contribution in [0, 0.1) is 18.8 Å². The topological polar surface area (TPSA) is 102 Å². The number of pyridine rings is 1. The smallest absolute Gasteiger partial charge is 0.412 e. The molecule has 0 atom stereocenters. The van der Waals surface area contributed by atoms with Gasteiger partial charge in [-0.2, -0.15) is 0 Å². The van der Waals surface area contributed by atoms with E-state index in [9.17, 15) is 14.7 Å². The second-order valence-electron chi connectivity index (χ2n) is 8.89. The second-order valence-corrected chi connectivity index (χ2v) is 11.1. The van der Waals surface area contributed by atoms with E-state index in [-0.39, 0.29) is 6.61 Å². The van der Waals surface area contributed by atoms with Crippen LogP contribution < -0.4 is 5.32 Å². The molecule has 0 unspecified atom stereocenters. The summed E-state index contributed by atoms with van der Waals surface area (Å²) in [6.45, 7) is 2.11. The maximum atomic E-state index is 12.6. The highest BCUT2D eigenvalue weighted by atomic mass is 32.1. The van der Waals surface area contributed by atoms with Gasteiger partial charge in [0.1, 0.15) is 17.7 Å². The number of rotatable bonds is 5. The van der Waals surface area contributed by atoms with E-state index in [1.165, 1.54) is 22.7 Å². The van der Waals surface area contributed by atoms with Crippen LogP contribution in [0.15, 0.2) is 59.3 Å². The summed E-state index contributed by atoms with van der Waals surface area (Å²) in [7, 11) is 0. The average molecular weight is 529 g/mol. The standard InChI is InChI=1S/C28H20N2O5S2/c1-16-4-2-3-5-17(16)15-34-27(33)30-25-19-8-11-29-14-21(19)35-20(25)7-6-18-12-22-23(36-18)13-24(37-22)28(9-10-28)26(31)32/h2-5,8,11-14H,9-10,15H2,1H3,(H,30,33)(H,31,32). The number of furan rings is 1. The van der Waals surface area contributed by atoms with Crippen molar-refractivity contribution < 1.29 is 23.8 Å². The van der Waals surface area contributed by atoms with Gasteiger partial charge in [0.2, 0.25) is 5.76 Å². The Labute approximate surface area is 219 Å². The van der Waals surface area contributed by atoms with E-state index in [0.717, 1.165) is 30.3 Å². The van der Waals surface area contributed by atoms with Crippen molar-refractivity contribution in [1.82, 2.24) is 4.98 Å². The van der Waals surface area contributed by atoms with E-state index >= 15 is 0 Å². The van der Waals surface area contributed by atoms with Gasteiger partial charge in [0.25, 0.3) is 0 Å². The lowest BCUT2D eigenvalue weighted by molar-refractivity contribution is -0.139. The number of benzene rings is 1. The Morgan fingerprint density at radius 1 is 1.16 bits per heavy atom. The Morgan fingerprint density at radius 3 is 2.73 bits per heavy atom. The van der Waals surface area contributed by atoms with Gasteiger partial charge in [-0.15, -0.1) is 22.7 Å². The molecule has 1 fully saturated rings. The molecule has 0 spiro atoms. The molecule has 5 aromatic rings. The number of carbonyl (C=O) groups is 2. The summed E-state index contributed by atoms with van der Waals surface area (Å²) in [6, 6.07) is 13.4. The van der Waals surface area contributed by atoms with Crippen LogP contribution in [0.4, 0.5) is 10.5 Å². The van der Waals surface area contributed by atoms with Gasteiger partial charge in [0.05, 0.1) is 11.1 Å². The molecule has 4 aromatic heterocycles. The van der Waals surface area contributed by atoms with Gasteiger partial charge in [0.15, 0.2) is 5.58 Å². The molecule has 1 aliphatic carbocycles. The first-order valence-corrected chi connectivity index (χ1v) is 13.2. The number of aliphatic carboxylic acids is 1. The molecule has 1 saturated carbocycles. The summed E-state index contributed by atoms with van der Waals surface area (Å²) in [4.78, 5) is 30.1. The predicted molar refractivity (Wildman–Crippen MR) is 143 cm³/mol. The largest absolute Gasteiger partial charge is 0.481 e. The molecule has 1 amide bonds. The van der Waals surface area contributed by atoms with Crippen LogP contribution >= 0.6 is 22.7 Å². The summed E-state index contributed by atoms with van der Waals surface area (Å²) < 4.78 is 13.4. The summed E-state index contributed by atoms with van der Waals surface area (Å²) >= 11 is 3.02. The van der Waals surface area contributed by atoms with Crippen molar-refractivity contribution in [1.29, 1.82) is 0 Å². The van der Waals surface area contributed by atoms with Crippen molar-refractivity contribution in [2.24, 2.45) is 0 Å². The molecule has 37 heavy (non-hydrogen) atoms. The third kappa shape index (κ3) is 4.35. The number of aromatic nitrogens is 1. The summed E-state index contributed by atoms with van der Waals surface area (Å²) in [5, 5.41) is 13.0. The van der Waals surface area contributed by atoms with Crippen molar-refractivity contribution in [3.05, 3.63) is 81.5 Å². The Kier molecular flexibility index (Phi) is 5.71. The maximum absolute atomic E-state index is 12.6. The third-order valence-corrected chi connectivity index (χ3v) is 8.89. The van der Waals surface area contributed by atoms with E-state index in [2.05, 4.69) is 22.1 Å². The number of thiophene rings is 2. The number of carbonyl (C=O) groups excluding carboxylic acids is 1. The molecular formula is C28H20N2O5S2. The van der Waals surface area contributed by atoms with Gasteiger partial charge in [-0.3, -0.25) is 15.1 Å². The SMILES string of the molecule is Cc1ccccc1COC(=O)Nc1c(C#Cc2cc3sc(C4(C(=O)O)CC4)cc3s2)oc2cnccc12. The molecule has 184 valence electrons. The molecule has 9 heteroatoms. The van der Waals surface area contributed by atoms with Crippen LogP contribution in [-0.2, 0) is 21.6 Å². The van der Waals surface area contributed by atoms with Crippen molar-refractivity contribution >= 4 is 60.8 Å². The third-order valence-electron chi connectivity index (χ3n) is 6.48. The van der Waals surface area contributed by atoms with Crippen molar-refractivity contribution in [3.63, 3.8) is 0 Å². The van der Waals surface area contributed by atoms with Gasteiger partial charge in [-0.25, -0.2) is 4.79 Å². The van der Waals surface area contributed by atoms with Crippen molar-refractivity contribution in [3.8, 4) is 11.8 Å². The fourth-order valence-corrected chi connectivity index (χ4v) is 6.65. The van der Waals surface area contributed by atoms with Crippen molar-refractivity contribution in [2.75, 3.05) is 5.32 Å². The van der Waals surface area contributed by atoms with E-state index in [1.807, 2.05) is 43.3 Å². The van der Waals surface area contributed by atoms with Gasteiger partial charge < -0.3 is 14.3 Å². The number of anilines is 1. The first-order chi connectivity index (χ1) is 17.9. The van der Waals surface area contributed by atoms with E-state index < -0.39 is 17.5 Å². The first kappa shape index (κ1) is 23.3. The lowest BCUT2D eigenvalue weighted by Crippen LogP contribution is -2.17. The zero-order valence-electron chi connectivity index (χ0n) is 19.7. The fourth-order valence-electron chi connectivity index (χ4n) is 4.16. The maximum Gasteiger partial charge on any atom is 0.412 e. The van der Waals surface area contributed by atoms with Gasteiger partial charge in [-0.1, -0.05) is 24.3 Å². The van der Waals surface area contributed by atoms with Crippen LogP contribution in [0.5, 0.6) is 0 Å². The van der Waals surface area contributed by atoms with E-state index in [1.54, 1.807) is 18.5 Å². The molecule has 0 saturated heterocycles. The number of carboxylic acids is 1. The molecule has 1 aliphatic rings. The van der Waals surface area contributed by atoms with Crippen LogP contribution in [0.2, 0.25) is 0 Å². The lowest BCUT2D eigenvalue weighted by Gasteiger charge is -2.08. The molecule has 7 nitrogen and oxygen atoms in total. The number of fused-ring (bicyclic) bond motifs is 2. The molecule has 4 heterocycles. The first-order valence-electron chi connectivity index (χ1n) is 11.6. The van der Waals surface area contributed by atoms with Crippen molar-refractivity contribution in [2.45, 2.75) is 31.8 Å². The van der Waals surface area contributed by atoms with Crippen LogP contribution in [-0.4, -0.2) is 22.2 Å². The minimum atomic E-state index is -0.752. The molecule has 6 rings (SSSR count). The molecule has 1 aromatic carbocycles. The van der Waals surface area contributed by atoms with Crippen LogP contribution in [0.25, 0.3) is 20.4 Å². The highest BCUT2D eigenvalue weighted by Crippen LogP contribution is 2.52. The minimum Gasteiger partial charge on any atom is -0.481 e. The molecule has 0 bridgehead atoms. The number of nitrogens with zero attached hydrogens (tertiary/aromatic N) is 1. The van der Waals surface area contributed by atoms with Crippen LogP contribution in [0.3, 0.4) is 0 Å². The molecular weight excluding hydrogens is 508 g/mol. The average Bonchev–Trinajstić information content (AvgIpc) is 3.32. The number of carboxylic acid groups (broad SMARTS) is 1. The fraction of sp³-hybridized carbons (Fsp3) is 0.179. The van der Waals surface area contributed by atoms with Crippen LogP contribution in [0.1, 0.15) is 39.5 Å². The minimum absolute atomic E-state index is 0.147. The Bertz CT molecular complexity index is 1710. The molecule has 2 N–H and O–H groups in total. The van der Waals surface area contributed by atoms with Gasteiger partial charge in [0, 0.05) is 25.9 Å². The quantitative estimate of drug-likeness (QED) is 0.247. The van der Waals surface area contributed by atoms with Gasteiger partial charge in [-0.05, 0) is 60.9 Å². The Morgan fingerprint density at radius 2 is 1.97 bits per heavy atom. The monoisotopic (exact) mass is 528 g/mol.